The van der Waals surface area contributed by atoms with E-state index in [4.69, 9.17) is 14.9 Å². The van der Waals surface area contributed by atoms with E-state index >= 15 is 0 Å². The molecule has 1 fully saturated rings. The number of nitrogens with zero attached hydrogens (tertiary/aromatic N) is 7. The van der Waals surface area contributed by atoms with Crippen molar-refractivity contribution in [3.8, 4) is 11.6 Å². The Morgan fingerprint density at radius 2 is 1.92 bits per heavy atom. The lowest BCUT2D eigenvalue weighted by Gasteiger charge is -2.31. The zero-order chi connectivity index (χ0) is 25.4. The molecule has 37 heavy (non-hydrogen) atoms. The molecule has 4 aromatic heterocycles. The van der Waals surface area contributed by atoms with Gasteiger partial charge < -0.3 is 20.2 Å². The van der Waals surface area contributed by atoms with Crippen LogP contribution in [0.1, 0.15) is 12.5 Å². The fourth-order valence-electron chi connectivity index (χ4n) is 4.68. The summed E-state index contributed by atoms with van der Waals surface area (Å²) in [4.78, 5) is 25.3. The average molecular weight is 502 g/mol. The van der Waals surface area contributed by atoms with Crippen LogP contribution >= 0.6 is 0 Å². The Morgan fingerprint density at radius 1 is 1.11 bits per heavy atom. The van der Waals surface area contributed by atoms with Crippen molar-refractivity contribution in [2.24, 2.45) is 0 Å². The van der Waals surface area contributed by atoms with Crippen LogP contribution in [-0.4, -0.2) is 79.6 Å². The van der Waals surface area contributed by atoms with Crippen LogP contribution in [0.15, 0.2) is 59.3 Å². The Balaban J connectivity index is 1.40. The third kappa shape index (κ3) is 3.99. The summed E-state index contributed by atoms with van der Waals surface area (Å²) in [6.07, 6.45) is 3.19. The highest BCUT2D eigenvalue weighted by molar-refractivity contribution is 5.94. The normalized spacial score (nSPS) is 16.2. The minimum absolute atomic E-state index is 0.123. The monoisotopic (exact) mass is 501 g/mol. The van der Waals surface area contributed by atoms with Crippen LogP contribution in [0.3, 0.4) is 0 Å². The molecule has 0 radical (unpaired) electrons. The minimum atomic E-state index is -1.20. The van der Waals surface area contributed by atoms with Crippen LogP contribution in [0.5, 0.6) is 0 Å². The second kappa shape index (κ2) is 9.30. The lowest BCUT2D eigenvalue weighted by atomic mass is 9.91. The number of benzene rings is 1. The number of hydrogen-bond acceptors (Lipinski definition) is 9. The predicted octanol–water partition coefficient (Wildman–Crippen LogP) is 1.53. The number of fused-ring (bicyclic) bond motifs is 3. The van der Waals surface area contributed by atoms with E-state index in [9.17, 15) is 4.79 Å². The number of carbonyl (C=O) groups excluding carboxylic acids is 1. The molecule has 1 aliphatic heterocycles. The summed E-state index contributed by atoms with van der Waals surface area (Å²) in [7, 11) is 0. The first kappa shape index (κ1) is 23.1. The molecule has 1 saturated heterocycles. The first-order valence-electron chi connectivity index (χ1n) is 12.1. The van der Waals surface area contributed by atoms with Crippen LogP contribution in [0, 0.1) is 0 Å². The summed E-state index contributed by atoms with van der Waals surface area (Å²) in [5.41, 5.74) is 6.77. The summed E-state index contributed by atoms with van der Waals surface area (Å²) >= 11 is 0. The van der Waals surface area contributed by atoms with Crippen LogP contribution in [0.4, 0.5) is 5.95 Å². The standard InChI is InChI=1S/C25H27N9O3/c1-25(17-6-3-2-4-7-17,23(35)27-9-10-32-11-14-36-15-12-32)34-22-18(16-28-34)21-29-20(19-8-5-13-37-19)31-33(21)24(26)30-22/h2-8,13,16H,9-12,14-15H2,1H3,(H2,26,30)(H,27,35). The Kier molecular flexibility index (Phi) is 5.81. The van der Waals surface area contributed by atoms with Crippen molar-refractivity contribution in [3.63, 3.8) is 0 Å². The molecule has 0 spiro atoms. The summed E-state index contributed by atoms with van der Waals surface area (Å²) in [6, 6.07) is 13.1. The fraction of sp³-hybridized carbons (Fsp3) is 0.320. The van der Waals surface area contributed by atoms with Crippen molar-refractivity contribution in [2.45, 2.75) is 12.5 Å². The number of nitrogens with one attached hydrogen (secondary N) is 1. The van der Waals surface area contributed by atoms with E-state index in [0.717, 1.165) is 25.2 Å². The summed E-state index contributed by atoms with van der Waals surface area (Å²) in [5.74, 6) is 0.815. The Hall–Kier alpha value is -4.29. The molecule has 0 bridgehead atoms. The molecule has 5 aromatic rings. The molecule has 0 saturated carbocycles. The number of carbonyl (C=O) groups is 1. The van der Waals surface area contributed by atoms with Gasteiger partial charge in [-0.25, -0.2) is 9.67 Å². The van der Waals surface area contributed by atoms with E-state index in [0.29, 0.717) is 48.0 Å². The highest BCUT2D eigenvalue weighted by atomic mass is 16.5. The van der Waals surface area contributed by atoms with Gasteiger partial charge in [0.25, 0.3) is 5.91 Å². The van der Waals surface area contributed by atoms with Crippen molar-refractivity contribution in [1.82, 2.24) is 39.6 Å². The Labute approximate surface area is 212 Å². The van der Waals surface area contributed by atoms with Crippen molar-refractivity contribution >= 4 is 28.5 Å². The van der Waals surface area contributed by atoms with Gasteiger partial charge in [0.2, 0.25) is 11.8 Å². The highest BCUT2D eigenvalue weighted by Gasteiger charge is 2.40. The molecule has 0 aliphatic carbocycles. The van der Waals surface area contributed by atoms with Gasteiger partial charge in [0.05, 0.1) is 31.1 Å². The highest BCUT2D eigenvalue weighted by Crippen LogP contribution is 2.31. The van der Waals surface area contributed by atoms with Gasteiger partial charge in [-0.3, -0.25) is 9.69 Å². The number of nitrogens with two attached hydrogens (primary N) is 1. The van der Waals surface area contributed by atoms with Gasteiger partial charge in [0, 0.05) is 26.2 Å². The van der Waals surface area contributed by atoms with Crippen LogP contribution in [-0.2, 0) is 15.1 Å². The molecule has 12 heteroatoms. The zero-order valence-electron chi connectivity index (χ0n) is 20.4. The molecule has 1 atom stereocenters. The number of furan rings is 1. The second-order valence-electron chi connectivity index (χ2n) is 9.06. The van der Waals surface area contributed by atoms with Crippen molar-refractivity contribution in [1.29, 1.82) is 0 Å². The minimum Gasteiger partial charge on any atom is -0.461 e. The molecular weight excluding hydrogens is 474 g/mol. The van der Waals surface area contributed by atoms with Gasteiger partial charge >= 0.3 is 0 Å². The lowest BCUT2D eigenvalue weighted by molar-refractivity contribution is -0.127. The molecule has 5 heterocycles. The van der Waals surface area contributed by atoms with Gasteiger partial charge in [-0.2, -0.15) is 14.6 Å². The number of rotatable bonds is 7. The maximum Gasteiger partial charge on any atom is 0.252 e. The molecular formula is C25H27N9O3. The van der Waals surface area contributed by atoms with Gasteiger partial charge in [0.1, 0.15) is 0 Å². The van der Waals surface area contributed by atoms with E-state index in [1.54, 1.807) is 29.3 Å². The van der Waals surface area contributed by atoms with Crippen LogP contribution in [0.2, 0.25) is 0 Å². The second-order valence-corrected chi connectivity index (χ2v) is 9.06. The molecule has 6 rings (SSSR count). The van der Waals surface area contributed by atoms with Gasteiger partial charge in [-0.1, -0.05) is 30.3 Å². The average Bonchev–Trinajstić information content (AvgIpc) is 3.69. The first-order chi connectivity index (χ1) is 18.1. The molecule has 1 unspecified atom stereocenters. The van der Waals surface area contributed by atoms with E-state index < -0.39 is 5.54 Å². The molecule has 1 aliphatic rings. The number of amides is 1. The molecule has 190 valence electrons. The van der Waals surface area contributed by atoms with Gasteiger partial charge in [-0.15, -0.1) is 5.10 Å². The number of nitrogen functional groups attached to an aromatic ring is 1. The summed E-state index contributed by atoms with van der Waals surface area (Å²) in [6.45, 7) is 6.19. The number of aromatic nitrogens is 6. The molecule has 1 aromatic carbocycles. The van der Waals surface area contributed by atoms with Crippen molar-refractivity contribution < 1.29 is 13.9 Å². The third-order valence-corrected chi connectivity index (χ3v) is 6.79. The fourth-order valence-corrected chi connectivity index (χ4v) is 4.68. The van der Waals surface area contributed by atoms with E-state index in [1.165, 1.54) is 4.52 Å². The van der Waals surface area contributed by atoms with Gasteiger partial charge in [-0.05, 0) is 24.6 Å². The number of ether oxygens (including phenoxy) is 1. The number of morpholine rings is 1. The van der Waals surface area contributed by atoms with E-state index in [2.05, 4.69) is 30.4 Å². The van der Waals surface area contributed by atoms with E-state index in [-0.39, 0.29) is 11.9 Å². The van der Waals surface area contributed by atoms with Crippen molar-refractivity contribution in [2.75, 3.05) is 45.1 Å². The first-order valence-corrected chi connectivity index (χ1v) is 12.1. The molecule has 1 amide bonds. The quantitative estimate of drug-likeness (QED) is 0.339. The van der Waals surface area contributed by atoms with Gasteiger partial charge in [0.15, 0.2) is 22.6 Å². The zero-order valence-corrected chi connectivity index (χ0v) is 20.4. The topological polar surface area (TPSA) is 142 Å². The Morgan fingerprint density at radius 3 is 2.68 bits per heavy atom. The summed E-state index contributed by atoms with van der Waals surface area (Å²) < 4.78 is 13.9. The Bertz CT molecular complexity index is 1540. The lowest BCUT2D eigenvalue weighted by Crippen LogP contribution is -2.50. The molecule has 12 nitrogen and oxygen atoms in total. The van der Waals surface area contributed by atoms with E-state index in [1.807, 2.05) is 37.3 Å². The largest absolute Gasteiger partial charge is 0.461 e. The summed E-state index contributed by atoms with van der Waals surface area (Å²) in [5, 5.41) is 12.8. The SMILES string of the molecule is CC(C(=O)NCCN1CCOCC1)(c1ccccc1)n1ncc2c1nc(N)n1nc(-c3ccco3)nc21. The van der Waals surface area contributed by atoms with Crippen LogP contribution in [0.25, 0.3) is 28.3 Å². The number of hydrogen-bond donors (Lipinski definition) is 2. The third-order valence-electron chi connectivity index (χ3n) is 6.79. The van der Waals surface area contributed by atoms with Crippen molar-refractivity contribution in [3.05, 3.63) is 60.5 Å². The van der Waals surface area contributed by atoms with Crippen LogP contribution < -0.4 is 11.1 Å². The predicted molar refractivity (Wildman–Crippen MR) is 136 cm³/mol. The maximum absolute atomic E-state index is 13.8. The number of anilines is 1. The molecule has 3 N–H and O–H groups in total. The smallest absolute Gasteiger partial charge is 0.252 e. The maximum atomic E-state index is 13.8.